The van der Waals surface area contributed by atoms with E-state index in [9.17, 15) is 9.90 Å². The molecule has 0 aliphatic heterocycles. The highest BCUT2D eigenvalue weighted by Gasteiger charge is 2.27. The quantitative estimate of drug-likeness (QED) is 0.596. The molecule has 1 amide bonds. The van der Waals surface area contributed by atoms with E-state index in [0.717, 1.165) is 0 Å². The molecule has 0 fully saturated rings. The molecule has 0 aromatic rings. The number of nitrogens with two attached hydrogens (primary N) is 1. The van der Waals surface area contributed by atoms with Crippen LogP contribution >= 0.6 is 0 Å². The minimum Gasteiger partial charge on any atom is -0.391 e. The smallest absolute Gasteiger partial charge is 0.237 e. The fourth-order valence-electron chi connectivity index (χ4n) is 1.14. The first-order valence-electron chi connectivity index (χ1n) is 5.49. The third-order valence-electron chi connectivity index (χ3n) is 2.35. The first-order chi connectivity index (χ1) is 7.29. The fourth-order valence-corrected chi connectivity index (χ4v) is 1.14. The molecule has 4 N–H and O–H groups in total. The van der Waals surface area contributed by atoms with Crippen molar-refractivity contribution in [3.63, 3.8) is 0 Å². The Morgan fingerprint density at radius 3 is 2.50 bits per heavy atom. The van der Waals surface area contributed by atoms with Crippen LogP contribution in [0.5, 0.6) is 0 Å². The van der Waals surface area contributed by atoms with Crippen molar-refractivity contribution in [1.29, 1.82) is 0 Å². The number of carbonyl (C=O) groups is 1. The molecule has 2 atom stereocenters. The molecule has 0 aromatic carbocycles. The predicted octanol–water partition coefficient (Wildman–Crippen LogP) is -0.127. The zero-order valence-corrected chi connectivity index (χ0v) is 10.6. The molecule has 0 saturated heterocycles. The highest BCUT2D eigenvalue weighted by Crippen LogP contribution is 2.16. The lowest BCUT2D eigenvalue weighted by atomic mass is 9.87. The largest absolute Gasteiger partial charge is 0.391 e. The number of ether oxygens (including phenoxy) is 1. The van der Waals surface area contributed by atoms with Gasteiger partial charge in [0.05, 0.1) is 18.8 Å². The monoisotopic (exact) mass is 232 g/mol. The number of aliphatic hydroxyl groups is 1. The van der Waals surface area contributed by atoms with Gasteiger partial charge in [0.1, 0.15) is 0 Å². The Labute approximate surface area is 97.3 Å². The van der Waals surface area contributed by atoms with Crippen LogP contribution in [0.3, 0.4) is 0 Å². The molecule has 96 valence electrons. The van der Waals surface area contributed by atoms with Crippen LogP contribution < -0.4 is 11.1 Å². The second-order valence-electron chi connectivity index (χ2n) is 5.03. The Balaban J connectivity index is 3.82. The molecule has 1 unspecified atom stereocenters. The Kier molecular flexibility index (Phi) is 6.55. The Morgan fingerprint density at radius 2 is 2.06 bits per heavy atom. The second-order valence-corrected chi connectivity index (χ2v) is 5.03. The number of hydrogen-bond donors (Lipinski definition) is 3. The van der Waals surface area contributed by atoms with Gasteiger partial charge in [-0.05, 0) is 11.8 Å². The van der Waals surface area contributed by atoms with Gasteiger partial charge in [0.15, 0.2) is 0 Å². The maximum absolute atomic E-state index is 11.6. The molecule has 0 aliphatic rings. The van der Waals surface area contributed by atoms with Gasteiger partial charge in [0.25, 0.3) is 0 Å². The van der Waals surface area contributed by atoms with Gasteiger partial charge in [-0.2, -0.15) is 0 Å². The molecule has 0 saturated carbocycles. The van der Waals surface area contributed by atoms with Crippen LogP contribution in [0.1, 0.15) is 27.2 Å². The summed E-state index contributed by atoms with van der Waals surface area (Å²) in [6, 6.07) is -0.535. The van der Waals surface area contributed by atoms with Crippen molar-refractivity contribution in [2.24, 2.45) is 11.1 Å². The van der Waals surface area contributed by atoms with E-state index in [-0.39, 0.29) is 17.9 Å². The second kappa shape index (κ2) is 6.83. The lowest BCUT2D eigenvalue weighted by molar-refractivity contribution is -0.124. The van der Waals surface area contributed by atoms with Crippen molar-refractivity contribution in [3.8, 4) is 0 Å². The molecule has 0 spiro atoms. The Bertz CT molecular complexity index is 214. The van der Waals surface area contributed by atoms with Crippen LogP contribution in [-0.4, -0.2) is 43.4 Å². The van der Waals surface area contributed by atoms with E-state index < -0.39 is 12.1 Å². The molecule has 5 heteroatoms. The van der Waals surface area contributed by atoms with Crippen LogP contribution in [-0.2, 0) is 9.53 Å². The SMILES string of the molecule is COCC(O)CCNC(=O)[C@@H](N)C(C)(C)C. The third-order valence-corrected chi connectivity index (χ3v) is 2.35. The molecule has 5 nitrogen and oxygen atoms in total. The van der Waals surface area contributed by atoms with Gasteiger partial charge in [-0.15, -0.1) is 0 Å². The first kappa shape index (κ1) is 15.3. The molecule has 16 heavy (non-hydrogen) atoms. The highest BCUT2D eigenvalue weighted by atomic mass is 16.5. The number of aliphatic hydroxyl groups excluding tert-OH is 1. The molecule has 0 bridgehead atoms. The average Bonchev–Trinajstić information content (AvgIpc) is 2.15. The maximum Gasteiger partial charge on any atom is 0.237 e. The highest BCUT2D eigenvalue weighted by molar-refractivity contribution is 5.82. The summed E-state index contributed by atoms with van der Waals surface area (Å²) in [5.41, 5.74) is 5.52. The summed E-state index contributed by atoms with van der Waals surface area (Å²) in [6.45, 7) is 6.43. The van der Waals surface area contributed by atoms with Gasteiger partial charge in [-0.3, -0.25) is 4.79 Å². The Morgan fingerprint density at radius 1 is 1.50 bits per heavy atom. The van der Waals surface area contributed by atoms with Gasteiger partial charge in [-0.25, -0.2) is 0 Å². The minimum atomic E-state index is -0.545. The van der Waals surface area contributed by atoms with Gasteiger partial charge < -0.3 is 20.9 Å². The maximum atomic E-state index is 11.6. The predicted molar refractivity (Wildman–Crippen MR) is 62.9 cm³/mol. The normalized spacial score (nSPS) is 15.6. The van der Waals surface area contributed by atoms with Crippen LogP contribution in [0.25, 0.3) is 0 Å². The molecular formula is C11H24N2O3. The summed E-state index contributed by atoms with van der Waals surface area (Å²) >= 11 is 0. The van der Waals surface area contributed by atoms with Crippen LogP contribution in [0.4, 0.5) is 0 Å². The summed E-state index contributed by atoms with van der Waals surface area (Å²) in [7, 11) is 1.53. The minimum absolute atomic E-state index is 0.183. The van der Waals surface area contributed by atoms with E-state index in [1.54, 1.807) is 0 Å². The van der Waals surface area contributed by atoms with Crippen molar-refractivity contribution in [1.82, 2.24) is 5.32 Å². The fraction of sp³-hybridized carbons (Fsp3) is 0.909. The van der Waals surface area contributed by atoms with E-state index in [1.165, 1.54) is 7.11 Å². The summed E-state index contributed by atoms with van der Waals surface area (Å²) in [5, 5.41) is 12.1. The molecule has 0 heterocycles. The number of rotatable bonds is 6. The first-order valence-corrected chi connectivity index (χ1v) is 5.49. The lowest BCUT2D eigenvalue weighted by Crippen LogP contribution is -2.49. The van der Waals surface area contributed by atoms with E-state index in [1.807, 2.05) is 20.8 Å². The summed E-state index contributed by atoms with van der Waals surface area (Å²) in [4.78, 5) is 11.6. The standard InChI is InChI=1S/C11H24N2O3/c1-11(2,3)9(12)10(15)13-6-5-8(14)7-16-4/h8-9,14H,5-7,12H2,1-4H3,(H,13,15)/t8?,9-/m1/s1. The van der Waals surface area contributed by atoms with Crippen LogP contribution in [0.2, 0.25) is 0 Å². The average molecular weight is 232 g/mol. The van der Waals surface area contributed by atoms with E-state index in [2.05, 4.69) is 5.32 Å². The summed E-state index contributed by atoms with van der Waals surface area (Å²) < 4.78 is 4.78. The Hall–Kier alpha value is -0.650. The zero-order chi connectivity index (χ0) is 12.8. The molecule has 0 radical (unpaired) electrons. The number of nitrogens with one attached hydrogen (secondary N) is 1. The molecular weight excluding hydrogens is 208 g/mol. The van der Waals surface area contributed by atoms with E-state index in [4.69, 9.17) is 10.5 Å². The zero-order valence-electron chi connectivity index (χ0n) is 10.6. The lowest BCUT2D eigenvalue weighted by Gasteiger charge is -2.26. The number of methoxy groups -OCH3 is 1. The number of hydrogen-bond acceptors (Lipinski definition) is 4. The van der Waals surface area contributed by atoms with Crippen molar-refractivity contribution in [2.75, 3.05) is 20.3 Å². The van der Waals surface area contributed by atoms with Gasteiger partial charge in [-0.1, -0.05) is 20.8 Å². The molecule has 0 aromatic heterocycles. The van der Waals surface area contributed by atoms with E-state index >= 15 is 0 Å². The van der Waals surface area contributed by atoms with E-state index in [0.29, 0.717) is 13.0 Å². The van der Waals surface area contributed by atoms with Gasteiger partial charge in [0, 0.05) is 13.7 Å². The molecule has 0 aliphatic carbocycles. The third kappa shape index (κ3) is 6.05. The summed E-state index contributed by atoms with van der Waals surface area (Å²) in [5.74, 6) is -0.183. The van der Waals surface area contributed by atoms with Crippen molar-refractivity contribution >= 4 is 5.91 Å². The summed E-state index contributed by atoms with van der Waals surface area (Å²) in [6.07, 6.45) is -0.0765. The van der Waals surface area contributed by atoms with Gasteiger partial charge in [0.2, 0.25) is 5.91 Å². The van der Waals surface area contributed by atoms with Crippen LogP contribution in [0.15, 0.2) is 0 Å². The topological polar surface area (TPSA) is 84.6 Å². The molecule has 0 rings (SSSR count). The number of amides is 1. The van der Waals surface area contributed by atoms with Crippen molar-refractivity contribution in [2.45, 2.75) is 39.3 Å². The van der Waals surface area contributed by atoms with Crippen LogP contribution in [0, 0.1) is 5.41 Å². The van der Waals surface area contributed by atoms with Crippen molar-refractivity contribution in [3.05, 3.63) is 0 Å². The van der Waals surface area contributed by atoms with Crippen molar-refractivity contribution < 1.29 is 14.6 Å². The van der Waals surface area contributed by atoms with Gasteiger partial charge >= 0.3 is 0 Å². The number of carbonyl (C=O) groups excluding carboxylic acids is 1.